The third-order valence-corrected chi connectivity index (χ3v) is 5.25. The molecule has 0 saturated carbocycles. The van der Waals surface area contributed by atoms with Crippen LogP contribution in [0.2, 0.25) is 0 Å². The van der Waals surface area contributed by atoms with Crippen LogP contribution in [-0.2, 0) is 6.54 Å². The van der Waals surface area contributed by atoms with Gasteiger partial charge in [-0.2, -0.15) is 16.4 Å². The van der Waals surface area contributed by atoms with Crippen molar-refractivity contribution in [2.75, 3.05) is 13.1 Å². The Balaban J connectivity index is 1.31. The van der Waals surface area contributed by atoms with E-state index in [2.05, 4.69) is 74.7 Å². The predicted octanol–water partition coefficient (Wildman–Crippen LogP) is 3.92. The van der Waals surface area contributed by atoms with E-state index in [0.717, 1.165) is 26.1 Å². The van der Waals surface area contributed by atoms with Crippen LogP contribution in [0, 0.1) is 0 Å². The van der Waals surface area contributed by atoms with Crippen molar-refractivity contribution in [1.29, 1.82) is 0 Å². The van der Waals surface area contributed by atoms with E-state index in [-0.39, 0.29) is 0 Å². The standard InChI is InChI=1S/C20H21N3S/c1-2-4-16(5-3-1)13-21-9-10-23-20-12-17(19-8-11-24-15-19)6-7-18(20)14-22-23/h1-8,11,14-15,20-21H,9-10,12-13H2. The number of nitrogens with zero attached hydrogens (tertiary/aromatic N) is 2. The van der Waals surface area contributed by atoms with Crippen molar-refractivity contribution in [2.45, 2.75) is 19.0 Å². The molecule has 1 atom stereocenters. The molecule has 2 aromatic rings. The van der Waals surface area contributed by atoms with Gasteiger partial charge in [0.1, 0.15) is 0 Å². The van der Waals surface area contributed by atoms with Gasteiger partial charge in [-0.3, -0.25) is 5.01 Å². The molecule has 1 unspecified atom stereocenters. The predicted molar refractivity (Wildman–Crippen MR) is 102 cm³/mol. The molecule has 4 rings (SSSR count). The van der Waals surface area contributed by atoms with Gasteiger partial charge < -0.3 is 5.32 Å². The van der Waals surface area contributed by atoms with E-state index < -0.39 is 0 Å². The molecule has 1 aliphatic carbocycles. The Morgan fingerprint density at radius 3 is 2.92 bits per heavy atom. The summed E-state index contributed by atoms with van der Waals surface area (Å²) in [5.74, 6) is 0. The van der Waals surface area contributed by atoms with Crippen molar-refractivity contribution in [3.63, 3.8) is 0 Å². The molecule has 0 fully saturated rings. The van der Waals surface area contributed by atoms with Crippen LogP contribution in [0.5, 0.6) is 0 Å². The molecule has 24 heavy (non-hydrogen) atoms. The molecule has 1 aromatic heterocycles. The van der Waals surface area contributed by atoms with Crippen molar-refractivity contribution >= 4 is 23.1 Å². The highest BCUT2D eigenvalue weighted by molar-refractivity contribution is 7.08. The number of allylic oxidation sites excluding steroid dienone is 2. The zero-order valence-corrected chi connectivity index (χ0v) is 14.4. The number of fused-ring (bicyclic) bond motifs is 1. The van der Waals surface area contributed by atoms with E-state index in [9.17, 15) is 0 Å². The van der Waals surface area contributed by atoms with Crippen LogP contribution in [0.1, 0.15) is 17.5 Å². The van der Waals surface area contributed by atoms with Gasteiger partial charge in [0.2, 0.25) is 0 Å². The van der Waals surface area contributed by atoms with Crippen molar-refractivity contribution in [3.8, 4) is 0 Å². The summed E-state index contributed by atoms with van der Waals surface area (Å²) in [6, 6.07) is 13.1. The first-order valence-corrected chi connectivity index (χ1v) is 9.33. The smallest absolute Gasteiger partial charge is 0.0776 e. The molecule has 2 aliphatic rings. The SMILES string of the molecule is C1=NN(CCNCc2ccccc2)C2CC(c3ccsc3)=CC=C12. The lowest BCUT2D eigenvalue weighted by Gasteiger charge is -2.27. The van der Waals surface area contributed by atoms with Gasteiger partial charge in [-0.1, -0.05) is 42.5 Å². The van der Waals surface area contributed by atoms with Crippen LogP contribution in [0.15, 0.2) is 70.0 Å². The molecule has 0 spiro atoms. The van der Waals surface area contributed by atoms with Crippen LogP contribution in [-0.4, -0.2) is 30.4 Å². The first-order valence-electron chi connectivity index (χ1n) is 8.39. The Bertz CT molecular complexity index is 759. The summed E-state index contributed by atoms with van der Waals surface area (Å²) in [6.07, 6.45) is 7.53. The average Bonchev–Trinajstić information content (AvgIpc) is 3.29. The summed E-state index contributed by atoms with van der Waals surface area (Å²) in [5.41, 5.74) is 5.42. The molecule has 1 N–H and O–H groups in total. The summed E-state index contributed by atoms with van der Waals surface area (Å²) in [6.45, 7) is 2.78. The summed E-state index contributed by atoms with van der Waals surface area (Å²) < 4.78 is 0. The van der Waals surface area contributed by atoms with Crippen molar-refractivity contribution in [2.24, 2.45) is 5.10 Å². The maximum absolute atomic E-state index is 4.61. The Morgan fingerprint density at radius 1 is 1.17 bits per heavy atom. The quantitative estimate of drug-likeness (QED) is 0.810. The van der Waals surface area contributed by atoms with Crippen LogP contribution in [0.4, 0.5) is 0 Å². The summed E-state index contributed by atoms with van der Waals surface area (Å²) >= 11 is 1.76. The number of hydrazone groups is 1. The Kier molecular flexibility index (Phi) is 4.58. The molecule has 0 amide bonds. The topological polar surface area (TPSA) is 27.6 Å². The minimum Gasteiger partial charge on any atom is -0.311 e. The molecule has 0 bridgehead atoms. The second kappa shape index (κ2) is 7.16. The molecule has 2 heterocycles. The fourth-order valence-corrected chi connectivity index (χ4v) is 3.91. The minimum atomic E-state index is 0.392. The fraction of sp³-hybridized carbons (Fsp3) is 0.250. The number of thiophene rings is 1. The molecule has 1 aromatic carbocycles. The molecule has 122 valence electrons. The van der Waals surface area contributed by atoms with Crippen molar-refractivity contribution < 1.29 is 0 Å². The number of nitrogens with one attached hydrogen (secondary N) is 1. The van der Waals surface area contributed by atoms with Gasteiger partial charge in [-0.25, -0.2) is 0 Å². The minimum absolute atomic E-state index is 0.392. The zero-order valence-electron chi connectivity index (χ0n) is 13.6. The molecular formula is C20H21N3S. The van der Waals surface area contributed by atoms with E-state index >= 15 is 0 Å². The highest BCUT2D eigenvalue weighted by atomic mass is 32.1. The lowest BCUT2D eigenvalue weighted by molar-refractivity contribution is 0.253. The molecule has 0 radical (unpaired) electrons. The number of hydrogen-bond acceptors (Lipinski definition) is 4. The summed E-state index contributed by atoms with van der Waals surface area (Å²) in [7, 11) is 0. The fourth-order valence-electron chi connectivity index (χ4n) is 3.23. The molecule has 1 aliphatic heterocycles. The van der Waals surface area contributed by atoms with E-state index in [4.69, 9.17) is 0 Å². The van der Waals surface area contributed by atoms with Crippen molar-refractivity contribution in [3.05, 3.63) is 76.0 Å². The summed E-state index contributed by atoms with van der Waals surface area (Å²) in [4.78, 5) is 0. The third kappa shape index (κ3) is 3.35. The highest BCUT2D eigenvalue weighted by Crippen LogP contribution is 2.32. The van der Waals surface area contributed by atoms with Crippen LogP contribution >= 0.6 is 11.3 Å². The monoisotopic (exact) mass is 335 g/mol. The molecular weight excluding hydrogens is 314 g/mol. The number of hydrogen-bond donors (Lipinski definition) is 1. The molecule has 0 saturated heterocycles. The molecule has 4 heteroatoms. The summed E-state index contributed by atoms with van der Waals surface area (Å²) in [5, 5.41) is 14.7. The Morgan fingerprint density at radius 2 is 2.08 bits per heavy atom. The molecule has 3 nitrogen and oxygen atoms in total. The first-order chi connectivity index (χ1) is 11.9. The van der Waals surface area contributed by atoms with Gasteiger partial charge in [0.05, 0.1) is 12.3 Å². The van der Waals surface area contributed by atoms with Gasteiger partial charge in [-0.15, -0.1) is 0 Å². The van der Waals surface area contributed by atoms with Gasteiger partial charge >= 0.3 is 0 Å². The van der Waals surface area contributed by atoms with Crippen LogP contribution in [0.3, 0.4) is 0 Å². The van der Waals surface area contributed by atoms with Crippen LogP contribution in [0.25, 0.3) is 5.57 Å². The number of benzene rings is 1. The normalized spacial score (nSPS) is 19.2. The highest BCUT2D eigenvalue weighted by Gasteiger charge is 2.28. The lowest BCUT2D eigenvalue weighted by Crippen LogP contribution is -2.35. The zero-order chi connectivity index (χ0) is 16.2. The number of rotatable bonds is 6. The van der Waals surface area contributed by atoms with Gasteiger partial charge in [0.25, 0.3) is 0 Å². The van der Waals surface area contributed by atoms with E-state index in [1.54, 1.807) is 11.3 Å². The largest absolute Gasteiger partial charge is 0.311 e. The lowest BCUT2D eigenvalue weighted by atomic mass is 9.91. The third-order valence-electron chi connectivity index (χ3n) is 4.57. The maximum Gasteiger partial charge on any atom is 0.0776 e. The van der Waals surface area contributed by atoms with Gasteiger partial charge in [0.15, 0.2) is 0 Å². The van der Waals surface area contributed by atoms with Crippen LogP contribution < -0.4 is 5.32 Å². The maximum atomic E-state index is 4.61. The Hall–Kier alpha value is -2.17. The second-order valence-electron chi connectivity index (χ2n) is 6.16. The van der Waals surface area contributed by atoms with Gasteiger partial charge in [0, 0.05) is 19.6 Å². The van der Waals surface area contributed by atoms with E-state index in [1.807, 2.05) is 6.21 Å². The van der Waals surface area contributed by atoms with E-state index in [0.29, 0.717) is 6.04 Å². The Labute approximate surface area is 147 Å². The first kappa shape index (κ1) is 15.4. The second-order valence-corrected chi connectivity index (χ2v) is 6.94. The van der Waals surface area contributed by atoms with Crippen molar-refractivity contribution in [1.82, 2.24) is 10.3 Å². The van der Waals surface area contributed by atoms with Gasteiger partial charge in [-0.05, 0) is 45.5 Å². The average molecular weight is 335 g/mol. The van der Waals surface area contributed by atoms with E-state index in [1.165, 1.54) is 22.3 Å².